The van der Waals surface area contributed by atoms with Gasteiger partial charge in [0.05, 0.1) is 31.1 Å². The Hall–Kier alpha value is -3.61. The number of fused-ring (bicyclic) bond motifs is 1. The molecule has 1 saturated heterocycles. The maximum Gasteiger partial charge on any atom is 0.268 e. The van der Waals surface area contributed by atoms with E-state index in [0.717, 1.165) is 18.2 Å². The molecule has 3 amide bonds. The highest BCUT2D eigenvalue weighted by molar-refractivity contribution is 6.01. The molecule has 2 aromatic rings. The average molecular weight is 438 g/mol. The first kappa shape index (κ1) is 21.6. The van der Waals surface area contributed by atoms with E-state index in [-0.39, 0.29) is 18.2 Å². The second-order valence-electron chi connectivity index (χ2n) is 8.39. The Kier molecular flexibility index (Phi) is 6.25. The second-order valence-corrected chi connectivity index (χ2v) is 8.39. The summed E-state index contributed by atoms with van der Waals surface area (Å²) < 4.78 is 5.28. The largest absolute Gasteiger partial charge is 0.494 e. The van der Waals surface area contributed by atoms with Gasteiger partial charge < -0.3 is 25.7 Å². The molecule has 3 heterocycles. The summed E-state index contributed by atoms with van der Waals surface area (Å²) in [6.07, 6.45) is 6.59. The predicted octanol–water partition coefficient (Wildman–Crippen LogP) is 1.00. The molecule has 168 valence electrons. The van der Waals surface area contributed by atoms with Crippen LogP contribution in [0.4, 0.5) is 0 Å². The molecule has 3 atom stereocenters. The molecule has 4 N–H and O–H groups in total. The van der Waals surface area contributed by atoms with Crippen molar-refractivity contribution in [1.82, 2.24) is 25.9 Å². The fourth-order valence-corrected chi connectivity index (χ4v) is 4.04. The lowest BCUT2D eigenvalue weighted by molar-refractivity contribution is -0.125. The number of hydrogen-bond donors (Lipinski definition) is 4. The number of H-pyrrole nitrogens is 1. The van der Waals surface area contributed by atoms with E-state index < -0.39 is 23.9 Å². The molecule has 1 aliphatic heterocycles. The van der Waals surface area contributed by atoms with Gasteiger partial charge in [0.1, 0.15) is 23.5 Å². The zero-order valence-corrected chi connectivity index (χ0v) is 17.8. The smallest absolute Gasteiger partial charge is 0.268 e. The zero-order chi connectivity index (χ0) is 22.7. The highest BCUT2D eigenvalue weighted by Crippen LogP contribution is 2.34. The third kappa shape index (κ3) is 4.82. The van der Waals surface area contributed by atoms with Crippen molar-refractivity contribution in [3.8, 4) is 11.8 Å². The van der Waals surface area contributed by atoms with E-state index in [1.165, 1.54) is 7.11 Å². The van der Waals surface area contributed by atoms with Gasteiger partial charge in [0.15, 0.2) is 0 Å². The highest BCUT2D eigenvalue weighted by atomic mass is 16.5. The van der Waals surface area contributed by atoms with Gasteiger partial charge in [-0.3, -0.25) is 19.4 Å². The fraction of sp³-hybridized carbons (Fsp3) is 0.500. The summed E-state index contributed by atoms with van der Waals surface area (Å²) in [5.41, 5.74) is 0.941. The van der Waals surface area contributed by atoms with E-state index in [9.17, 15) is 19.6 Å². The van der Waals surface area contributed by atoms with E-state index in [2.05, 4.69) is 32.0 Å². The minimum Gasteiger partial charge on any atom is -0.494 e. The molecule has 0 spiro atoms. The van der Waals surface area contributed by atoms with Crippen molar-refractivity contribution < 1.29 is 19.1 Å². The number of nitriles is 1. The molecule has 0 bridgehead atoms. The summed E-state index contributed by atoms with van der Waals surface area (Å²) in [6, 6.07) is 2.17. The van der Waals surface area contributed by atoms with Gasteiger partial charge in [-0.25, -0.2) is 0 Å². The Balaban J connectivity index is 1.44. The quantitative estimate of drug-likeness (QED) is 0.459. The van der Waals surface area contributed by atoms with Crippen LogP contribution in [0.1, 0.15) is 42.6 Å². The summed E-state index contributed by atoms with van der Waals surface area (Å²) in [5, 5.41) is 18.5. The first-order valence-electron chi connectivity index (χ1n) is 10.8. The molecule has 1 saturated carbocycles. The Bertz CT molecular complexity index is 1070. The zero-order valence-electron chi connectivity index (χ0n) is 17.8. The van der Waals surface area contributed by atoms with Crippen LogP contribution in [0.15, 0.2) is 18.5 Å². The molecule has 10 heteroatoms. The first-order valence-corrected chi connectivity index (χ1v) is 10.8. The number of nitrogens with one attached hydrogen (secondary N) is 4. The van der Waals surface area contributed by atoms with Crippen LogP contribution < -0.4 is 20.7 Å². The maximum absolute atomic E-state index is 13.0. The SMILES string of the molecule is COc1cncc2[nH]c(C(=O)NC(CC3CC3)C(=O)NC(C#N)CC3CCNC3=O)cc12. The van der Waals surface area contributed by atoms with E-state index in [4.69, 9.17) is 4.74 Å². The lowest BCUT2D eigenvalue weighted by Crippen LogP contribution is -2.50. The van der Waals surface area contributed by atoms with Crippen molar-refractivity contribution in [2.75, 3.05) is 13.7 Å². The van der Waals surface area contributed by atoms with Crippen LogP contribution in [0, 0.1) is 23.2 Å². The number of carbonyl (C=O) groups excluding carboxylic acids is 3. The fourth-order valence-electron chi connectivity index (χ4n) is 4.04. The number of ether oxygens (including phenoxy) is 1. The number of aromatic amines is 1. The molecular weight excluding hydrogens is 412 g/mol. The van der Waals surface area contributed by atoms with Crippen molar-refractivity contribution in [1.29, 1.82) is 5.26 Å². The number of methoxy groups -OCH3 is 1. The van der Waals surface area contributed by atoms with Crippen molar-refractivity contribution in [2.45, 2.75) is 44.2 Å². The van der Waals surface area contributed by atoms with Gasteiger partial charge in [-0.1, -0.05) is 12.8 Å². The number of aromatic nitrogens is 2. The summed E-state index contributed by atoms with van der Waals surface area (Å²) in [7, 11) is 1.53. The lowest BCUT2D eigenvalue weighted by Gasteiger charge is -2.21. The summed E-state index contributed by atoms with van der Waals surface area (Å²) in [5.74, 6) is -0.298. The van der Waals surface area contributed by atoms with E-state index in [1.54, 1.807) is 18.5 Å². The molecule has 10 nitrogen and oxygen atoms in total. The topological polar surface area (TPSA) is 149 Å². The Morgan fingerprint density at radius 2 is 2.09 bits per heavy atom. The first-order chi connectivity index (χ1) is 15.5. The van der Waals surface area contributed by atoms with Crippen LogP contribution in [0.2, 0.25) is 0 Å². The third-order valence-corrected chi connectivity index (χ3v) is 6.02. The molecular formula is C22H26N6O4. The lowest BCUT2D eigenvalue weighted by atomic mass is 9.98. The van der Waals surface area contributed by atoms with Crippen molar-refractivity contribution in [3.63, 3.8) is 0 Å². The predicted molar refractivity (Wildman–Crippen MR) is 115 cm³/mol. The van der Waals surface area contributed by atoms with E-state index in [0.29, 0.717) is 42.3 Å². The van der Waals surface area contributed by atoms with Gasteiger partial charge in [0.25, 0.3) is 5.91 Å². The second kappa shape index (κ2) is 9.26. The number of hydrogen-bond acceptors (Lipinski definition) is 6. The van der Waals surface area contributed by atoms with Crippen LogP contribution in [0.3, 0.4) is 0 Å². The number of pyridine rings is 1. The van der Waals surface area contributed by atoms with Crippen molar-refractivity contribution >= 4 is 28.6 Å². The number of rotatable bonds is 9. The molecule has 2 aromatic heterocycles. The summed E-state index contributed by atoms with van der Waals surface area (Å²) in [4.78, 5) is 44.7. The minimum absolute atomic E-state index is 0.0916. The highest BCUT2D eigenvalue weighted by Gasteiger charge is 2.33. The van der Waals surface area contributed by atoms with Gasteiger partial charge >= 0.3 is 0 Å². The molecule has 0 aromatic carbocycles. The van der Waals surface area contributed by atoms with Crippen molar-refractivity contribution in [2.24, 2.45) is 11.8 Å². The monoisotopic (exact) mass is 438 g/mol. The normalized spacial score (nSPS) is 19.6. The van der Waals surface area contributed by atoms with Gasteiger partial charge in [-0.05, 0) is 31.2 Å². The van der Waals surface area contributed by atoms with E-state index in [1.807, 2.05) is 0 Å². The molecule has 32 heavy (non-hydrogen) atoms. The molecule has 2 aliphatic rings. The Labute approximate surface area is 185 Å². The standard InChI is InChI=1S/C22H26N6O4/c1-32-19-11-24-10-18-15(19)8-17(27-18)22(31)28-16(6-12-2-3-12)21(30)26-14(9-23)7-13-4-5-25-20(13)29/h8,10-14,16,27H,2-7H2,1H3,(H,25,29)(H,26,30)(H,28,31). The van der Waals surface area contributed by atoms with Gasteiger partial charge in [-0.15, -0.1) is 0 Å². The van der Waals surface area contributed by atoms with Crippen LogP contribution in [-0.4, -0.2) is 53.4 Å². The number of amides is 3. The molecule has 1 aliphatic carbocycles. The van der Waals surface area contributed by atoms with E-state index >= 15 is 0 Å². The van der Waals surface area contributed by atoms with Crippen LogP contribution >= 0.6 is 0 Å². The third-order valence-electron chi connectivity index (χ3n) is 6.02. The van der Waals surface area contributed by atoms with Gasteiger partial charge in [0.2, 0.25) is 11.8 Å². The van der Waals surface area contributed by atoms with Gasteiger partial charge in [0, 0.05) is 17.8 Å². The van der Waals surface area contributed by atoms with Crippen LogP contribution in [0.5, 0.6) is 5.75 Å². The maximum atomic E-state index is 13.0. The minimum atomic E-state index is -0.793. The molecule has 3 unspecified atom stereocenters. The average Bonchev–Trinajstić information content (AvgIpc) is 3.35. The molecule has 4 rings (SSSR count). The Morgan fingerprint density at radius 1 is 1.28 bits per heavy atom. The van der Waals surface area contributed by atoms with Crippen LogP contribution in [-0.2, 0) is 9.59 Å². The summed E-state index contributed by atoms with van der Waals surface area (Å²) in [6.45, 7) is 0.584. The Morgan fingerprint density at radius 3 is 2.75 bits per heavy atom. The molecule has 2 fully saturated rings. The number of carbonyl (C=O) groups is 3. The summed E-state index contributed by atoms with van der Waals surface area (Å²) >= 11 is 0. The number of nitrogens with zero attached hydrogens (tertiary/aromatic N) is 2. The van der Waals surface area contributed by atoms with Crippen LogP contribution in [0.25, 0.3) is 10.9 Å². The van der Waals surface area contributed by atoms with Gasteiger partial charge in [-0.2, -0.15) is 5.26 Å². The van der Waals surface area contributed by atoms with Crippen molar-refractivity contribution in [3.05, 3.63) is 24.2 Å². The molecule has 0 radical (unpaired) electrons.